The van der Waals surface area contributed by atoms with Crippen LogP contribution in [0.1, 0.15) is 44.0 Å². The number of nitrogens with zero attached hydrogens (tertiary/aromatic N) is 5. The van der Waals surface area contributed by atoms with Crippen LogP contribution in [0.15, 0.2) is 54.7 Å². The van der Waals surface area contributed by atoms with Gasteiger partial charge in [-0.3, -0.25) is 4.57 Å². The molecule has 36 heavy (non-hydrogen) atoms. The molecule has 2 N–H and O–H groups in total. The Balaban J connectivity index is 1.31. The fourth-order valence-corrected chi connectivity index (χ4v) is 5.71. The van der Waals surface area contributed by atoms with Crippen LogP contribution in [-0.4, -0.2) is 53.8 Å². The van der Waals surface area contributed by atoms with E-state index in [1.165, 1.54) is 5.69 Å². The zero-order chi connectivity index (χ0) is 24.9. The maximum atomic E-state index is 11.7. The number of nitrogens with one attached hydrogen (secondary N) is 1. The first-order chi connectivity index (χ1) is 17.3. The van der Waals surface area contributed by atoms with Crippen molar-refractivity contribution in [2.24, 2.45) is 0 Å². The Kier molecular flexibility index (Phi) is 5.86. The van der Waals surface area contributed by atoms with Crippen molar-refractivity contribution in [2.75, 3.05) is 34.8 Å². The lowest BCUT2D eigenvalue weighted by molar-refractivity contribution is 0.0738. The van der Waals surface area contributed by atoms with Gasteiger partial charge in [-0.2, -0.15) is 4.98 Å². The van der Waals surface area contributed by atoms with Gasteiger partial charge in [-0.1, -0.05) is 17.2 Å². The second-order valence-corrected chi connectivity index (χ2v) is 11.8. The van der Waals surface area contributed by atoms with Crippen molar-refractivity contribution in [1.29, 1.82) is 0 Å². The molecule has 1 aliphatic carbocycles. The molecule has 4 heterocycles. The van der Waals surface area contributed by atoms with Crippen LogP contribution in [-0.2, 0) is 16.8 Å². The lowest BCUT2D eigenvalue weighted by atomic mass is 10.1. The van der Waals surface area contributed by atoms with Gasteiger partial charge < -0.3 is 19.9 Å². The summed E-state index contributed by atoms with van der Waals surface area (Å²) < 4.78 is 13.8. The van der Waals surface area contributed by atoms with E-state index in [-0.39, 0.29) is 0 Å². The van der Waals surface area contributed by atoms with Gasteiger partial charge in [0.1, 0.15) is 22.9 Å². The average Bonchev–Trinajstić information content (AvgIpc) is 3.65. The Hall–Kier alpha value is -3.14. The summed E-state index contributed by atoms with van der Waals surface area (Å²) in [4.78, 5) is 16.5. The van der Waals surface area contributed by atoms with E-state index in [1.54, 1.807) is 13.8 Å². The van der Waals surface area contributed by atoms with E-state index >= 15 is 0 Å². The molecule has 4 aromatic rings. The first-order valence-corrected chi connectivity index (χ1v) is 13.9. The second kappa shape index (κ2) is 9.06. The molecule has 0 bridgehead atoms. The van der Waals surface area contributed by atoms with Gasteiger partial charge in [-0.05, 0) is 75.1 Å². The van der Waals surface area contributed by atoms with Gasteiger partial charge >= 0.3 is 0 Å². The summed E-state index contributed by atoms with van der Waals surface area (Å²) in [6.45, 7) is 5.14. The minimum atomic E-state index is -1.03. The normalized spacial score (nSPS) is 17.1. The van der Waals surface area contributed by atoms with Gasteiger partial charge in [-0.25, -0.2) is 9.97 Å². The molecule has 8 nitrogen and oxygen atoms in total. The molecule has 6 rings (SSSR count). The van der Waals surface area contributed by atoms with E-state index in [0.29, 0.717) is 17.6 Å². The molecule has 1 aromatic carbocycles. The van der Waals surface area contributed by atoms with Crippen molar-refractivity contribution >= 4 is 39.5 Å². The molecule has 9 heteroatoms. The molecule has 1 saturated heterocycles. The number of pyridine rings is 1. The van der Waals surface area contributed by atoms with Gasteiger partial charge in [0.15, 0.2) is 5.65 Å². The van der Waals surface area contributed by atoms with Crippen molar-refractivity contribution in [3.8, 4) is 5.82 Å². The van der Waals surface area contributed by atoms with Crippen molar-refractivity contribution in [1.82, 2.24) is 19.5 Å². The molecule has 0 spiro atoms. The van der Waals surface area contributed by atoms with E-state index in [9.17, 15) is 9.66 Å². The van der Waals surface area contributed by atoms with Crippen molar-refractivity contribution < 1.29 is 9.66 Å². The largest absolute Gasteiger partial charge is 0.616 e. The zero-order valence-corrected chi connectivity index (χ0v) is 21.3. The second-order valence-electron chi connectivity index (χ2n) is 10.1. The molecule has 1 aliphatic heterocycles. The molecular weight excluding hydrogens is 472 g/mol. The van der Waals surface area contributed by atoms with Crippen LogP contribution >= 0.6 is 0 Å². The molecule has 1 saturated carbocycles. The van der Waals surface area contributed by atoms with E-state index in [4.69, 9.17) is 9.97 Å². The van der Waals surface area contributed by atoms with Crippen LogP contribution in [0.2, 0.25) is 0 Å². The van der Waals surface area contributed by atoms with Crippen LogP contribution in [0.4, 0.5) is 17.3 Å². The molecule has 0 unspecified atom stereocenters. The van der Waals surface area contributed by atoms with Crippen molar-refractivity contribution in [3.63, 3.8) is 0 Å². The van der Waals surface area contributed by atoms with Gasteiger partial charge in [0, 0.05) is 28.7 Å². The van der Waals surface area contributed by atoms with Gasteiger partial charge in [0.25, 0.3) is 0 Å². The molecule has 2 aliphatic rings. The molecule has 186 valence electrons. The van der Waals surface area contributed by atoms with E-state index < -0.39 is 16.8 Å². The third-order valence-corrected chi connectivity index (χ3v) is 8.10. The smallest absolute Gasteiger partial charge is 0.229 e. The molecule has 0 radical (unpaired) electrons. The van der Waals surface area contributed by atoms with E-state index in [1.807, 2.05) is 36.5 Å². The number of anilines is 3. The summed E-state index contributed by atoms with van der Waals surface area (Å²) in [5.41, 5.74) is 3.61. The fourth-order valence-electron chi connectivity index (χ4n) is 4.66. The summed E-state index contributed by atoms with van der Waals surface area (Å²) in [7, 11) is 0. The highest BCUT2D eigenvalue weighted by molar-refractivity contribution is 7.91. The summed E-state index contributed by atoms with van der Waals surface area (Å²) >= 11 is -0.686. The summed E-state index contributed by atoms with van der Waals surface area (Å²) in [5, 5.41) is 14.8. The summed E-state index contributed by atoms with van der Waals surface area (Å²) in [5.74, 6) is 3.21. The van der Waals surface area contributed by atoms with E-state index in [0.717, 1.165) is 65.7 Å². The number of aliphatic hydroxyl groups is 1. The first-order valence-electron chi connectivity index (χ1n) is 12.4. The minimum absolute atomic E-state index is 0.489. The van der Waals surface area contributed by atoms with Crippen LogP contribution in [0.5, 0.6) is 0 Å². The highest BCUT2D eigenvalue weighted by Crippen LogP contribution is 2.43. The summed E-state index contributed by atoms with van der Waals surface area (Å²) in [6, 6.07) is 16.1. The highest BCUT2D eigenvalue weighted by Gasteiger charge is 2.30. The quantitative estimate of drug-likeness (QED) is 0.380. The molecule has 2 fully saturated rings. The molecule has 3 aromatic heterocycles. The number of fused-ring (bicyclic) bond motifs is 1. The standard InChI is InChI=1S/C27H30N6O2S/c1-27(2,34)23-4-3-5-24(30-23)33-22(18-6-7-18)16-19-17-28-26(31-25(19)33)29-20-8-10-21(11-9-20)32-12-14-36(35)15-13-32/h3-5,8-11,16-18,34H,6-7,12-15H2,1-2H3,(H,28,29,31). The lowest BCUT2D eigenvalue weighted by Crippen LogP contribution is -2.40. The monoisotopic (exact) mass is 502 g/mol. The van der Waals surface area contributed by atoms with Crippen LogP contribution in [0, 0.1) is 0 Å². The number of hydrogen-bond acceptors (Lipinski definition) is 7. The predicted octanol–water partition coefficient (Wildman–Crippen LogP) is 4.23. The Bertz CT molecular complexity index is 1390. The third-order valence-electron chi connectivity index (χ3n) is 6.82. The average molecular weight is 503 g/mol. The number of aromatic nitrogens is 4. The fraction of sp³-hybridized carbons (Fsp3) is 0.370. The SMILES string of the molecule is CC(C)(O)c1cccc(-n2c(C3CC3)cc3cnc(Nc4ccc(N5CC[S+]([O-])CC5)cc4)nc32)n1. The van der Waals surface area contributed by atoms with Crippen molar-refractivity contribution in [3.05, 3.63) is 66.1 Å². The molecule has 0 amide bonds. The molecular formula is C27H30N6O2S. The third kappa shape index (κ3) is 4.66. The highest BCUT2D eigenvalue weighted by atomic mass is 32.2. The van der Waals surface area contributed by atoms with E-state index in [2.05, 4.69) is 38.0 Å². The Labute approximate surface area is 213 Å². The Morgan fingerprint density at radius 3 is 2.50 bits per heavy atom. The zero-order valence-electron chi connectivity index (χ0n) is 20.5. The number of benzene rings is 1. The minimum Gasteiger partial charge on any atom is -0.616 e. The molecule has 0 atom stereocenters. The van der Waals surface area contributed by atoms with Gasteiger partial charge in [0.05, 0.1) is 18.8 Å². The topological polar surface area (TPSA) is 102 Å². The lowest BCUT2D eigenvalue weighted by Gasteiger charge is -2.30. The maximum Gasteiger partial charge on any atom is 0.229 e. The van der Waals surface area contributed by atoms with Gasteiger partial charge in [0.2, 0.25) is 5.95 Å². The van der Waals surface area contributed by atoms with Crippen LogP contribution in [0.3, 0.4) is 0 Å². The first kappa shape index (κ1) is 23.3. The number of hydrogen-bond donors (Lipinski definition) is 2. The maximum absolute atomic E-state index is 11.7. The van der Waals surface area contributed by atoms with Crippen LogP contribution < -0.4 is 10.2 Å². The number of rotatable bonds is 6. The predicted molar refractivity (Wildman–Crippen MR) is 144 cm³/mol. The van der Waals surface area contributed by atoms with Gasteiger partial charge in [-0.15, -0.1) is 0 Å². The Morgan fingerprint density at radius 1 is 1.06 bits per heavy atom. The van der Waals surface area contributed by atoms with Crippen LogP contribution in [0.25, 0.3) is 16.9 Å². The Morgan fingerprint density at radius 2 is 1.81 bits per heavy atom. The van der Waals surface area contributed by atoms with Crippen molar-refractivity contribution in [2.45, 2.75) is 38.2 Å². The summed E-state index contributed by atoms with van der Waals surface area (Å²) in [6.07, 6.45) is 4.16.